The lowest BCUT2D eigenvalue weighted by Gasteiger charge is -2.20. The molecule has 326 valence electrons. The molecule has 1 saturated heterocycles. The third-order valence-electron chi connectivity index (χ3n) is 9.14. The maximum atomic E-state index is 12.6. The van der Waals surface area contributed by atoms with Gasteiger partial charge in [0.15, 0.2) is 6.10 Å². The molecule has 5 atom stereocenters. The molecule has 4 N–H and O–H groups in total. The number of carboxylic acids is 1. The minimum Gasteiger partial charge on any atom is -0.480 e. The minimum absolute atomic E-state index is 0.0713. The van der Waals surface area contributed by atoms with Crippen molar-refractivity contribution in [2.45, 2.75) is 179 Å². The summed E-state index contributed by atoms with van der Waals surface area (Å²) in [6.45, 7) is 2.65. The summed E-state index contributed by atoms with van der Waals surface area (Å²) in [5.74, 6) is -2.49. The predicted molar refractivity (Wildman–Crippen MR) is 225 cm³/mol. The summed E-state index contributed by atoms with van der Waals surface area (Å²) in [6, 6.07) is -1.54. The number of carbonyl (C=O) groups is 3. The van der Waals surface area contributed by atoms with E-state index in [1.807, 2.05) is 6.08 Å². The Morgan fingerprint density at radius 1 is 0.632 bits per heavy atom. The van der Waals surface area contributed by atoms with Gasteiger partial charge in [0.1, 0.15) is 12.6 Å². The van der Waals surface area contributed by atoms with Gasteiger partial charge in [0, 0.05) is 12.8 Å². The Kier molecular flexibility index (Phi) is 32.1. The SMILES string of the molecule is CCCCC/C=C\C/C=C\CCCCCCCC(=O)OC[C@H](COP(=O)(O)OC[C@H](N)C(=O)O)OC(=O)CCC/C=C\CC1OC1C/C=C\C/C=C\CCCCC. The normalized spacial score (nSPS) is 17.9. The molecule has 0 aromatic rings. The highest BCUT2D eigenvalue weighted by atomic mass is 31.2. The number of phosphoric acid groups is 1. The molecule has 0 aromatic carbocycles. The van der Waals surface area contributed by atoms with Gasteiger partial charge in [-0.15, -0.1) is 0 Å². The lowest BCUT2D eigenvalue weighted by atomic mass is 10.1. The smallest absolute Gasteiger partial charge is 0.472 e. The number of hydrogen-bond acceptors (Lipinski definition) is 10. The largest absolute Gasteiger partial charge is 0.480 e. The first kappa shape index (κ1) is 52.2. The van der Waals surface area contributed by atoms with Crippen LogP contribution >= 0.6 is 7.82 Å². The third kappa shape index (κ3) is 32.8. The molecule has 1 fully saturated rings. The van der Waals surface area contributed by atoms with E-state index >= 15 is 0 Å². The Balaban J connectivity index is 2.36. The summed E-state index contributed by atoms with van der Waals surface area (Å²) >= 11 is 0. The molecule has 0 radical (unpaired) electrons. The molecule has 13 heteroatoms. The molecule has 0 spiro atoms. The molecular weight excluding hydrogens is 749 g/mol. The summed E-state index contributed by atoms with van der Waals surface area (Å²) in [5, 5.41) is 8.89. The van der Waals surface area contributed by atoms with Crippen LogP contribution in [-0.2, 0) is 42.2 Å². The zero-order valence-electron chi connectivity index (χ0n) is 34.9. The highest BCUT2D eigenvalue weighted by Gasteiger charge is 2.36. The summed E-state index contributed by atoms with van der Waals surface area (Å²) in [5.41, 5.74) is 5.33. The van der Waals surface area contributed by atoms with Crippen molar-refractivity contribution in [3.8, 4) is 0 Å². The Bertz CT molecular complexity index is 1260. The summed E-state index contributed by atoms with van der Waals surface area (Å²) in [7, 11) is -4.74. The maximum absolute atomic E-state index is 12.6. The molecule has 57 heavy (non-hydrogen) atoms. The van der Waals surface area contributed by atoms with Gasteiger partial charge in [-0.3, -0.25) is 23.4 Å². The van der Waals surface area contributed by atoms with Crippen molar-refractivity contribution in [2.75, 3.05) is 19.8 Å². The number of allylic oxidation sites excluding steroid dienone is 8. The van der Waals surface area contributed by atoms with E-state index in [1.165, 1.54) is 38.5 Å². The monoisotopic (exact) mass is 823 g/mol. The lowest BCUT2D eigenvalue weighted by Crippen LogP contribution is -2.34. The number of epoxide rings is 1. The van der Waals surface area contributed by atoms with E-state index in [4.69, 9.17) is 29.6 Å². The van der Waals surface area contributed by atoms with Crippen molar-refractivity contribution in [2.24, 2.45) is 5.73 Å². The van der Waals surface area contributed by atoms with Crippen molar-refractivity contribution < 1.29 is 52.2 Å². The van der Waals surface area contributed by atoms with E-state index in [0.717, 1.165) is 70.6 Å². The standard InChI is InChI=1S/C44H74NO11P/c1-3-5-7-9-11-13-14-15-16-17-18-20-22-24-29-33-42(46)52-35-38(36-53-57(50,51)54-37-39(45)44(48)49)55-43(47)34-30-26-25-28-32-41-40(56-41)31-27-23-21-19-12-10-8-6-4-2/h11-13,15-16,19,23,25,27-28,38-41H,3-10,14,17-18,20-22,24,26,29-37,45H2,1-2H3,(H,48,49)(H,50,51)/b13-11-,16-15-,19-12-,27-23-,28-25-/t38-,39+,40?,41?/m1/s1. The van der Waals surface area contributed by atoms with Crippen molar-refractivity contribution in [3.05, 3.63) is 60.8 Å². The van der Waals surface area contributed by atoms with Gasteiger partial charge in [-0.05, 0) is 83.5 Å². The van der Waals surface area contributed by atoms with E-state index in [1.54, 1.807) is 0 Å². The average Bonchev–Trinajstić information content (AvgIpc) is 3.94. The number of nitrogens with two attached hydrogens (primary N) is 1. The Morgan fingerprint density at radius 2 is 1.11 bits per heavy atom. The molecule has 12 nitrogen and oxygen atoms in total. The topological polar surface area (TPSA) is 184 Å². The lowest BCUT2D eigenvalue weighted by molar-refractivity contribution is -0.161. The second-order valence-electron chi connectivity index (χ2n) is 14.5. The number of unbranched alkanes of at least 4 members (excludes halogenated alkanes) is 12. The van der Waals surface area contributed by atoms with Crippen LogP contribution in [0.1, 0.15) is 155 Å². The molecule has 0 bridgehead atoms. The van der Waals surface area contributed by atoms with Crippen LogP contribution in [0, 0.1) is 0 Å². The van der Waals surface area contributed by atoms with E-state index in [2.05, 4.69) is 73.1 Å². The molecular formula is C44H74NO11P. The summed E-state index contributed by atoms with van der Waals surface area (Å²) in [4.78, 5) is 46.0. The van der Waals surface area contributed by atoms with E-state index in [9.17, 15) is 23.8 Å². The van der Waals surface area contributed by atoms with Crippen molar-refractivity contribution in [3.63, 3.8) is 0 Å². The van der Waals surface area contributed by atoms with Crippen molar-refractivity contribution >= 4 is 25.7 Å². The quantitative estimate of drug-likeness (QED) is 0.0176. The van der Waals surface area contributed by atoms with Crippen LogP contribution in [0.25, 0.3) is 0 Å². The van der Waals surface area contributed by atoms with Crippen LogP contribution in [0.3, 0.4) is 0 Å². The first-order valence-corrected chi connectivity index (χ1v) is 22.9. The van der Waals surface area contributed by atoms with Gasteiger partial charge in [-0.2, -0.15) is 0 Å². The fourth-order valence-corrected chi connectivity index (χ4v) is 6.38. The highest BCUT2D eigenvalue weighted by Crippen LogP contribution is 2.43. The Morgan fingerprint density at radius 3 is 1.70 bits per heavy atom. The number of carbonyl (C=O) groups excluding carboxylic acids is 2. The van der Waals surface area contributed by atoms with Crippen LogP contribution in [0.4, 0.5) is 0 Å². The number of phosphoric ester groups is 1. The summed E-state index contributed by atoms with van der Waals surface area (Å²) in [6.07, 6.45) is 41.7. The molecule has 0 aliphatic carbocycles. The van der Waals surface area contributed by atoms with Crippen molar-refractivity contribution in [1.29, 1.82) is 0 Å². The Labute approximate surface area is 343 Å². The van der Waals surface area contributed by atoms with E-state index < -0.39 is 51.1 Å². The second-order valence-corrected chi connectivity index (χ2v) is 16.0. The second kappa shape index (κ2) is 35.1. The maximum Gasteiger partial charge on any atom is 0.472 e. The molecule has 1 aliphatic rings. The van der Waals surface area contributed by atoms with Gasteiger partial charge in [0.2, 0.25) is 0 Å². The number of ether oxygens (including phenoxy) is 3. The number of aliphatic carboxylic acids is 1. The zero-order valence-corrected chi connectivity index (χ0v) is 35.7. The number of carboxylic acid groups (broad SMARTS) is 1. The summed E-state index contributed by atoms with van der Waals surface area (Å²) < 4.78 is 38.4. The van der Waals surface area contributed by atoms with E-state index in [-0.39, 0.29) is 31.7 Å². The van der Waals surface area contributed by atoms with Gasteiger partial charge >= 0.3 is 25.7 Å². The fraction of sp³-hybridized carbons (Fsp3) is 0.705. The van der Waals surface area contributed by atoms with Crippen LogP contribution in [0.2, 0.25) is 0 Å². The molecule has 0 saturated carbocycles. The van der Waals surface area contributed by atoms with E-state index in [0.29, 0.717) is 19.3 Å². The average molecular weight is 824 g/mol. The Hall–Kier alpha value is -2.86. The van der Waals surface area contributed by atoms with Crippen LogP contribution in [-0.4, -0.2) is 72.1 Å². The zero-order chi connectivity index (χ0) is 41.8. The van der Waals surface area contributed by atoms with Gasteiger partial charge in [-0.25, -0.2) is 4.57 Å². The molecule has 3 unspecified atom stereocenters. The molecule has 1 aliphatic heterocycles. The van der Waals surface area contributed by atoms with Gasteiger partial charge in [-0.1, -0.05) is 120 Å². The molecule has 1 rings (SSSR count). The highest BCUT2D eigenvalue weighted by molar-refractivity contribution is 7.47. The van der Waals surface area contributed by atoms with Crippen LogP contribution in [0.15, 0.2) is 60.8 Å². The van der Waals surface area contributed by atoms with Gasteiger partial charge in [0.05, 0.1) is 25.4 Å². The molecule has 1 heterocycles. The molecule has 0 amide bonds. The van der Waals surface area contributed by atoms with Crippen LogP contribution < -0.4 is 5.73 Å². The minimum atomic E-state index is -4.74. The van der Waals surface area contributed by atoms with Gasteiger partial charge in [0.25, 0.3) is 0 Å². The van der Waals surface area contributed by atoms with Crippen LogP contribution in [0.5, 0.6) is 0 Å². The number of esters is 2. The predicted octanol–water partition coefficient (Wildman–Crippen LogP) is 10.2. The number of rotatable bonds is 38. The van der Waals surface area contributed by atoms with Crippen molar-refractivity contribution in [1.82, 2.24) is 0 Å². The van der Waals surface area contributed by atoms with Gasteiger partial charge < -0.3 is 29.9 Å². The first-order valence-electron chi connectivity index (χ1n) is 21.4. The fourth-order valence-electron chi connectivity index (χ4n) is 5.60. The number of hydrogen-bond donors (Lipinski definition) is 3. The first-order chi connectivity index (χ1) is 27.6. The molecule has 0 aromatic heterocycles. The third-order valence-corrected chi connectivity index (χ3v) is 10.1.